The van der Waals surface area contributed by atoms with Crippen LogP contribution in [-0.4, -0.2) is 23.1 Å². The number of nitrogens with zero attached hydrogens (tertiary/aromatic N) is 2. The van der Waals surface area contributed by atoms with Crippen LogP contribution in [0.25, 0.3) is 22.3 Å². The molecule has 4 rings (SSSR count). The van der Waals surface area contributed by atoms with Crippen LogP contribution in [0.4, 0.5) is 5.69 Å². The molecule has 4 nitrogen and oxygen atoms in total. The minimum Gasteiger partial charge on any atom is -0.371 e. The lowest BCUT2D eigenvalue weighted by molar-refractivity contribution is 0.578. The van der Waals surface area contributed by atoms with E-state index in [0.717, 1.165) is 24.3 Å². The summed E-state index contributed by atoms with van der Waals surface area (Å²) in [6.07, 6.45) is 3.74. The minimum atomic E-state index is -0.147. The van der Waals surface area contributed by atoms with Gasteiger partial charge in [-0.2, -0.15) is 0 Å². The van der Waals surface area contributed by atoms with Crippen molar-refractivity contribution in [2.24, 2.45) is 0 Å². The van der Waals surface area contributed by atoms with Crippen LogP contribution in [0.15, 0.2) is 47.3 Å². The fraction of sp³-hybridized carbons (Fsp3) is 0.263. The fourth-order valence-electron chi connectivity index (χ4n) is 3.26. The van der Waals surface area contributed by atoms with Gasteiger partial charge in [0.05, 0.1) is 15.9 Å². The zero-order valence-corrected chi connectivity index (χ0v) is 14.0. The van der Waals surface area contributed by atoms with E-state index in [9.17, 15) is 4.79 Å². The second kappa shape index (κ2) is 6.29. The van der Waals surface area contributed by atoms with Gasteiger partial charge in [0.1, 0.15) is 5.82 Å². The third-order valence-corrected chi connectivity index (χ3v) is 4.85. The minimum absolute atomic E-state index is 0.147. The Bertz CT molecular complexity index is 945. The maximum absolute atomic E-state index is 12.3. The van der Waals surface area contributed by atoms with Crippen LogP contribution in [0.1, 0.15) is 19.3 Å². The van der Waals surface area contributed by atoms with Gasteiger partial charge in [-0.05, 0) is 49.6 Å². The molecule has 1 saturated heterocycles. The highest BCUT2D eigenvalue weighted by atomic mass is 35.5. The quantitative estimate of drug-likeness (QED) is 0.760. The number of hydrogen-bond donors (Lipinski definition) is 1. The van der Waals surface area contributed by atoms with E-state index < -0.39 is 0 Å². The molecule has 0 radical (unpaired) electrons. The van der Waals surface area contributed by atoms with Crippen molar-refractivity contribution in [3.05, 3.63) is 57.8 Å². The van der Waals surface area contributed by atoms with Gasteiger partial charge >= 0.3 is 0 Å². The van der Waals surface area contributed by atoms with E-state index >= 15 is 0 Å². The highest BCUT2D eigenvalue weighted by Gasteiger charge is 2.14. The van der Waals surface area contributed by atoms with Crippen LogP contribution in [0.3, 0.4) is 0 Å². The maximum atomic E-state index is 12.3. The smallest absolute Gasteiger partial charge is 0.259 e. The van der Waals surface area contributed by atoms with E-state index in [1.54, 1.807) is 6.07 Å². The molecule has 0 spiro atoms. The summed E-state index contributed by atoms with van der Waals surface area (Å²) >= 11 is 6.50. The van der Waals surface area contributed by atoms with Crippen LogP contribution in [-0.2, 0) is 0 Å². The second-order valence-electron chi connectivity index (χ2n) is 6.14. The summed E-state index contributed by atoms with van der Waals surface area (Å²) in [7, 11) is 0. The molecule has 1 aromatic heterocycles. The molecule has 1 aliphatic rings. The monoisotopic (exact) mass is 339 g/mol. The maximum Gasteiger partial charge on any atom is 0.259 e. The van der Waals surface area contributed by atoms with E-state index in [1.807, 2.05) is 30.3 Å². The molecular formula is C19H18ClN3O. The number of piperidine rings is 1. The van der Waals surface area contributed by atoms with Crippen molar-refractivity contribution in [3.63, 3.8) is 0 Å². The highest BCUT2D eigenvalue weighted by Crippen LogP contribution is 2.31. The van der Waals surface area contributed by atoms with Crippen LogP contribution in [0.5, 0.6) is 0 Å². The largest absolute Gasteiger partial charge is 0.371 e. The number of hydrogen-bond acceptors (Lipinski definition) is 3. The molecule has 3 aromatic rings. The van der Waals surface area contributed by atoms with Gasteiger partial charge in [0.15, 0.2) is 0 Å². The zero-order valence-electron chi connectivity index (χ0n) is 13.3. The van der Waals surface area contributed by atoms with Gasteiger partial charge in [-0.1, -0.05) is 23.7 Å². The van der Waals surface area contributed by atoms with Gasteiger partial charge in [-0.25, -0.2) is 4.98 Å². The Morgan fingerprint density at radius 2 is 1.83 bits per heavy atom. The first kappa shape index (κ1) is 15.2. The number of nitrogens with one attached hydrogen (secondary N) is 1. The van der Waals surface area contributed by atoms with Crippen molar-refractivity contribution in [1.82, 2.24) is 9.97 Å². The lowest BCUT2D eigenvalue weighted by Gasteiger charge is -2.29. The van der Waals surface area contributed by atoms with Crippen LogP contribution in [0.2, 0.25) is 5.02 Å². The van der Waals surface area contributed by atoms with Gasteiger partial charge in [-0.15, -0.1) is 0 Å². The Hall–Kier alpha value is -2.33. The van der Waals surface area contributed by atoms with Crippen LogP contribution >= 0.6 is 11.6 Å². The molecule has 0 atom stereocenters. The van der Waals surface area contributed by atoms with E-state index in [-0.39, 0.29) is 5.56 Å². The predicted molar refractivity (Wildman–Crippen MR) is 98.9 cm³/mol. The van der Waals surface area contributed by atoms with Crippen molar-refractivity contribution in [3.8, 4) is 11.4 Å². The topological polar surface area (TPSA) is 49.0 Å². The molecule has 0 unspecified atom stereocenters. The van der Waals surface area contributed by atoms with E-state index in [1.165, 1.54) is 19.3 Å². The molecule has 1 fully saturated rings. The lowest BCUT2D eigenvalue weighted by Crippen LogP contribution is -2.29. The van der Waals surface area contributed by atoms with Crippen molar-refractivity contribution in [2.75, 3.05) is 18.0 Å². The number of benzene rings is 2. The molecule has 5 heteroatoms. The summed E-state index contributed by atoms with van der Waals surface area (Å²) in [5.74, 6) is 0.508. The van der Waals surface area contributed by atoms with Crippen molar-refractivity contribution in [1.29, 1.82) is 0 Å². The third kappa shape index (κ3) is 2.78. The number of para-hydroxylation sites is 1. The summed E-state index contributed by atoms with van der Waals surface area (Å²) in [4.78, 5) is 22.0. The number of anilines is 1. The Balaban J connectivity index is 1.75. The first-order chi connectivity index (χ1) is 11.7. The Morgan fingerprint density at radius 3 is 2.62 bits per heavy atom. The van der Waals surface area contributed by atoms with Gasteiger partial charge in [0.25, 0.3) is 5.56 Å². The summed E-state index contributed by atoms with van der Waals surface area (Å²) in [5, 5.41) is 1.19. The van der Waals surface area contributed by atoms with Crippen LogP contribution < -0.4 is 10.5 Å². The average Bonchev–Trinajstić information content (AvgIpc) is 2.62. The summed E-state index contributed by atoms with van der Waals surface area (Å²) in [5.41, 5.74) is 2.41. The Morgan fingerprint density at radius 1 is 1.04 bits per heavy atom. The SMILES string of the molecule is O=c1[nH]c(-c2ccc(N3CCCCC3)cc2Cl)nc2ccccc12. The number of aromatic amines is 1. The fourth-order valence-corrected chi connectivity index (χ4v) is 3.52. The molecule has 1 N–H and O–H groups in total. The number of rotatable bonds is 2. The first-order valence-corrected chi connectivity index (χ1v) is 8.64. The molecule has 2 aromatic carbocycles. The molecule has 0 aliphatic carbocycles. The normalized spacial score (nSPS) is 15.0. The standard InChI is InChI=1S/C19H18ClN3O/c20-16-12-13(23-10-4-1-5-11-23)8-9-14(16)18-21-17-7-3-2-6-15(17)19(24)22-18/h2-3,6-9,12H,1,4-5,10-11H2,(H,21,22,24). The van der Waals surface area contributed by atoms with E-state index in [4.69, 9.17) is 11.6 Å². The summed E-state index contributed by atoms with van der Waals surface area (Å²) < 4.78 is 0. The van der Waals surface area contributed by atoms with Crippen molar-refractivity contribution >= 4 is 28.2 Å². The van der Waals surface area contributed by atoms with Gasteiger partial charge in [0, 0.05) is 24.3 Å². The van der Waals surface area contributed by atoms with Crippen molar-refractivity contribution < 1.29 is 0 Å². The number of H-pyrrole nitrogens is 1. The number of halogens is 1. The highest BCUT2D eigenvalue weighted by molar-refractivity contribution is 6.33. The second-order valence-corrected chi connectivity index (χ2v) is 6.55. The first-order valence-electron chi connectivity index (χ1n) is 8.26. The summed E-state index contributed by atoms with van der Waals surface area (Å²) in [6.45, 7) is 2.14. The van der Waals surface area contributed by atoms with E-state index in [0.29, 0.717) is 21.7 Å². The number of aromatic nitrogens is 2. The lowest BCUT2D eigenvalue weighted by atomic mass is 10.1. The third-order valence-electron chi connectivity index (χ3n) is 4.54. The molecule has 1 aliphatic heterocycles. The molecule has 0 amide bonds. The molecule has 122 valence electrons. The Kier molecular flexibility index (Phi) is 3.98. The van der Waals surface area contributed by atoms with Gasteiger partial charge in [-0.3, -0.25) is 4.79 Å². The van der Waals surface area contributed by atoms with Crippen molar-refractivity contribution in [2.45, 2.75) is 19.3 Å². The van der Waals surface area contributed by atoms with E-state index in [2.05, 4.69) is 20.9 Å². The molecule has 2 heterocycles. The predicted octanol–water partition coefficient (Wildman–Crippen LogP) is 4.23. The van der Waals surface area contributed by atoms with Gasteiger partial charge < -0.3 is 9.88 Å². The Labute approximate surface area is 145 Å². The molecular weight excluding hydrogens is 322 g/mol. The zero-order chi connectivity index (χ0) is 16.5. The average molecular weight is 340 g/mol. The molecule has 0 saturated carbocycles. The molecule has 0 bridgehead atoms. The molecule has 24 heavy (non-hydrogen) atoms. The summed E-state index contributed by atoms with van der Waals surface area (Å²) in [6, 6.07) is 13.3. The van der Waals surface area contributed by atoms with Crippen LogP contribution in [0, 0.1) is 0 Å². The van der Waals surface area contributed by atoms with Gasteiger partial charge in [0.2, 0.25) is 0 Å². The number of fused-ring (bicyclic) bond motifs is 1.